The third-order valence-corrected chi connectivity index (χ3v) is 3.68. The molecule has 2 aromatic carbocycles. The highest BCUT2D eigenvalue weighted by Crippen LogP contribution is 2.40. The van der Waals surface area contributed by atoms with E-state index in [0.29, 0.717) is 13.0 Å². The lowest BCUT2D eigenvalue weighted by molar-refractivity contribution is -0.124. The molecule has 1 saturated heterocycles. The molecule has 0 saturated carbocycles. The summed E-state index contributed by atoms with van der Waals surface area (Å²) in [5, 5.41) is 1.64. The Balaban J connectivity index is 2.13. The number of primary amides is 1. The SMILES string of the molecule is NC(=O)C1(c2ccccc2)CCON1c1ccccc1. The second-order valence-corrected chi connectivity index (χ2v) is 4.80. The van der Waals surface area contributed by atoms with Gasteiger partial charge in [-0.2, -0.15) is 0 Å². The minimum absolute atomic E-state index is 0.398. The molecule has 0 aromatic heterocycles. The normalized spacial score (nSPS) is 21.9. The molecule has 1 fully saturated rings. The lowest BCUT2D eigenvalue weighted by Crippen LogP contribution is -2.51. The lowest BCUT2D eigenvalue weighted by Gasteiger charge is -2.35. The number of rotatable bonds is 3. The van der Waals surface area contributed by atoms with Crippen molar-refractivity contribution >= 4 is 11.6 Å². The van der Waals surface area contributed by atoms with Crippen LogP contribution in [0.4, 0.5) is 5.69 Å². The molecule has 2 aromatic rings. The van der Waals surface area contributed by atoms with E-state index in [2.05, 4.69) is 0 Å². The van der Waals surface area contributed by atoms with Crippen LogP contribution in [0.5, 0.6) is 0 Å². The van der Waals surface area contributed by atoms with E-state index in [9.17, 15) is 4.79 Å². The van der Waals surface area contributed by atoms with Crippen LogP contribution in [0.25, 0.3) is 0 Å². The molecule has 0 bridgehead atoms. The van der Waals surface area contributed by atoms with Crippen LogP contribution in [-0.4, -0.2) is 12.5 Å². The molecule has 0 spiro atoms. The highest BCUT2D eigenvalue weighted by molar-refractivity contribution is 5.90. The van der Waals surface area contributed by atoms with Gasteiger partial charge in [-0.3, -0.25) is 9.63 Å². The van der Waals surface area contributed by atoms with Crippen LogP contribution in [0.2, 0.25) is 0 Å². The molecule has 4 heteroatoms. The zero-order valence-electron chi connectivity index (χ0n) is 11.0. The first-order chi connectivity index (χ1) is 9.75. The molecule has 0 aliphatic carbocycles. The highest BCUT2D eigenvalue weighted by Gasteiger charge is 2.49. The minimum atomic E-state index is -0.942. The third-order valence-electron chi connectivity index (χ3n) is 3.68. The van der Waals surface area contributed by atoms with Crippen LogP contribution in [0.15, 0.2) is 60.7 Å². The molecule has 0 radical (unpaired) electrons. The molecule has 3 rings (SSSR count). The molecular formula is C16H16N2O2. The van der Waals surface area contributed by atoms with Crippen molar-refractivity contribution < 1.29 is 9.63 Å². The number of nitrogens with zero attached hydrogens (tertiary/aromatic N) is 1. The van der Waals surface area contributed by atoms with Crippen molar-refractivity contribution in [1.82, 2.24) is 0 Å². The predicted molar refractivity (Wildman–Crippen MR) is 76.8 cm³/mol. The van der Waals surface area contributed by atoms with Crippen LogP contribution < -0.4 is 10.8 Å². The maximum absolute atomic E-state index is 12.2. The maximum atomic E-state index is 12.2. The Labute approximate surface area is 117 Å². The monoisotopic (exact) mass is 268 g/mol. The fourth-order valence-electron chi connectivity index (χ4n) is 2.70. The second kappa shape index (κ2) is 4.98. The lowest BCUT2D eigenvalue weighted by atomic mass is 9.86. The van der Waals surface area contributed by atoms with Crippen molar-refractivity contribution in [2.24, 2.45) is 5.73 Å². The number of anilines is 1. The number of nitrogens with two attached hydrogens (primary N) is 1. The quantitative estimate of drug-likeness (QED) is 0.928. The van der Waals surface area contributed by atoms with Crippen LogP contribution in [-0.2, 0) is 15.2 Å². The summed E-state index contributed by atoms with van der Waals surface area (Å²) in [6.45, 7) is 0.465. The molecule has 1 aliphatic heterocycles. The van der Waals surface area contributed by atoms with Crippen LogP contribution in [0, 0.1) is 0 Å². The van der Waals surface area contributed by atoms with Gasteiger partial charge in [0.05, 0.1) is 12.3 Å². The zero-order chi connectivity index (χ0) is 14.0. The van der Waals surface area contributed by atoms with Crippen molar-refractivity contribution in [1.29, 1.82) is 0 Å². The summed E-state index contributed by atoms with van der Waals surface area (Å²) in [5.74, 6) is -0.398. The van der Waals surface area contributed by atoms with E-state index in [1.165, 1.54) is 0 Å². The van der Waals surface area contributed by atoms with E-state index in [1.54, 1.807) is 5.06 Å². The first-order valence-electron chi connectivity index (χ1n) is 6.59. The van der Waals surface area contributed by atoms with E-state index in [4.69, 9.17) is 10.6 Å². The summed E-state index contributed by atoms with van der Waals surface area (Å²) in [5.41, 5.74) is 6.47. The first kappa shape index (κ1) is 12.7. The molecular weight excluding hydrogens is 252 g/mol. The van der Waals surface area contributed by atoms with Gasteiger partial charge in [0.15, 0.2) is 5.54 Å². The molecule has 2 N–H and O–H groups in total. The Morgan fingerprint density at radius 3 is 2.25 bits per heavy atom. The van der Waals surface area contributed by atoms with Crippen molar-refractivity contribution in [2.75, 3.05) is 11.7 Å². The van der Waals surface area contributed by atoms with Gasteiger partial charge < -0.3 is 5.73 Å². The second-order valence-electron chi connectivity index (χ2n) is 4.80. The number of carbonyl (C=O) groups excluding carboxylic acids is 1. The smallest absolute Gasteiger partial charge is 0.250 e. The summed E-state index contributed by atoms with van der Waals surface area (Å²) < 4.78 is 0. The van der Waals surface area contributed by atoms with Gasteiger partial charge in [0, 0.05) is 6.42 Å². The average molecular weight is 268 g/mol. The summed E-state index contributed by atoms with van der Waals surface area (Å²) in [6.07, 6.45) is 0.543. The third kappa shape index (κ3) is 1.85. The summed E-state index contributed by atoms with van der Waals surface area (Å²) >= 11 is 0. The maximum Gasteiger partial charge on any atom is 0.250 e. The number of hydrogen-bond donors (Lipinski definition) is 1. The Morgan fingerprint density at radius 1 is 1.05 bits per heavy atom. The van der Waals surface area contributed by atoms with E-state index < -0.39 is 11.4 Å². The van der Waals surface area contributed by atoms with Crippen LogP contribution in [0.3, 0.4) is 0 Å². The summed E-state index contributed by atoms with van der Waals surface area (Å²) in [4.78, 5) is 17.9. The number of benzene rings is 2. The number of amides is 1. The van der Waals surface area contributed by atoms with E-state index in [0.717, 1.165) is 11.3 Å². The van der Waals surface area contributed by atoms with Gasteiger partial charge in [-0.25, -0.2) is 5.06 Å². The number of para-hydroxylation sites is 1. The number of hydroxylamine groups is 1. The molecule has 1 amide bonds. The van der Waals surface area contributed by atoms with Gasteiger partial charge in [-0.05, 0) is 17.7 Å². The molecule has 1 heterocycles. The van der Waals surface area contributed by atoms with Crippen LogP contribution >= 0.6 is 0 Å². The van der Waals surface area contributed by atoms with Gasteiger partial charge in [-0.15, -0.1) is 0 Å². The highest BCUT2D eigenvalue weighted by atomic mass is 16.7. The zero-order valence-corrected chi connectivity index (χ0v) is 11.0. The van der Waals surface area contributed by atoms with Gasteiger partial charge in [0.2, 0.25) is 0 Å². The summed E-state index contributed by atoms with van der Waals surface area (Å²) in [7, 11) is 0. The Hall–Kier alpha value is -2.33. The molecule has 4 nitrogen and oxygen atoms in total. The van der Waals surface area contributed by atoms with E-state index >= 15 is 0 Å². The van der Waals surface area contributed by atoms with Crippen molar-refractivity contribution in [3.8, 4) is 0 Å². The number of carbonyl (C=O) groups is 1. The van der Waals surface area contributed by atoms with Gasteiger partial charge >= 0.3 is 0 Å². The first-order valence-corrected chi connectivity index (χ1v) is 6.59. The van der Waals surface area contributed by atoms with Gasteiger partial charge in [-0.1, -0.05) is 48.5 Å². The van der Waals surface area contributed by atoms with Crippen molar-refractivity contribution in [3.05, 3.63) is 66.2 Å². The molecule has 1 atom stereocenters. The Bertz CT molecular complexity index is 600. The Kier molecular flexibility index (Phi) is 3.16. The van der Waals surface area contributed by atoms with Gasteiger partial charge in [0.25, 0.3) is 5.91 Å². The fraction of sp³-hybridized carbons (Fsp3) is 0.188. The van der Waals surface area contributed by atoms with E-state index in [-0.39, 0.29) is 0 Å². The molecule has 102 valence electrons. The Morgan fingerprint density at radius 2 is 1.65 bits per heavy atom. The van der Waals surface area contributed by atoms with Crippen molar-refractivity contribution in [2.45, 2.75) is 12.0 Å². The molecule has 1 aliphatic rings. The average Bonchev–Trinajstić information content (AvgIpc) is 2.95. The summed E-state index contributed by atoms with van der Waals surface area (Å²) in [6, 6.07) is 19.1. The molecule has 1 unspecified atom stereocenters. The predicted octanol–water partition coefficient (Wildman–Crippen LogP) is 2.21. The number of hydrogen-bond acceptors (Lipinski definition) is 3. The van der Waals surface area contributed by atoms with Crippen molar-refractivity contribution in [3.63, 3.8) is 0 Å². The molecule has 20 heavy (non-hydrogen) atoms. The standard InChI is InChI=1S/C16H16N2O2/c17-15(19)16(13-7-3-1-4-8-13)11-12-20-18(16)14-9-5-2-6-10-14/h1-10H,11-12H2,(H2,17,19). The minimum Gasteiger partial charge on any atom is -0.367 e. The van der Waals surface area contributed by atoms with E-state index in [1.807, 2.05) is 60.7 Å². The van der Waals surface area contributed by atoms with Gasteiger partial charge in [0.1, 0.15) is 0 Å². The van der Waals surface area contributed by atoms with Crippen LogP contribution in [0.1, 0.15) is 12.0 Å². The fourth-order valence-corrected chi connectivity index (χ4v) is 2.70. The largest absolute Gasteiger partial charge is 0.367 e. The topological polar surface area (TPSA) is 55.6 Å².